The molecule has 1 unspecified atom stereocenters. The van der Waals surface area contributed by atoms with Gasteiger partial charge in [0.2, 0.25) is 0 Å². The van der Waals surface area contributed by atoms with Crippen LogP contribution in [0.5, 0.6) is 0 Å². The van der Waals surface area contributed by atoms with Gasteiger partial charge in [0.15, 0.2) is 5.60 Å². The maximum Gasteiger partial charge on any atom is 0.158 e. The van der Waals surface area contributed by atoms with Crippen molar-refractivity contribution < 1.29 is 10.3 Å². The maximum absolute atomic E-state index is 12.0. The SMILES string of the molecule is ON=C(CN1CCNCC1)C(O)(c1ccccc1)c1ccc(Cc2ccccc2)cc1. The number of rotatable bonds is 7. The summed E-state index contributed by atoms with van der Waals surface area (Å²) in [7, 11) is 0. The summed E-state index contributed by atoms with van der Waals surface area (Å²) < 4.78 is 0. The van der Waals surface area contributed by atoms with Crippen molar-refractivity contribution in [2.24, 2.45) is 5.16 Å². The topological polar surface area (TPSA) is 68.1 Å². The van der Waals surface area contributed by atoms with Crippen molar-refractivity contribution in [2.75, 3.05) is 32.7 Å². The average Bonchev–Trinajstić information content (AvgIpc) is 2.84. The van der Waals surface area contributed by atoms with E-state index in [-0.39, 0.29) is 0 Å². The molecule has 1 heterocycles. The fourth-order valence-electron chi connectivity index (χ4n) is 4.17. The van der Waals surface area contributed by atoms with Crippen molar-refractivity contribution >= 4 is 5.71 Å². The summed E-state index contributed by atoms with van der Waals surface area (Å²) in [6, 6.07) is 27.7. The predicted octanol–water partition coefficient (Wildman–Crippen LogP) is 3.25. The van der Waals surface area contributed by atoms with Crippen LogP contribution in [0.15, 0.2) is 90.1 Å². The van der Waals surface area contributed by atoms with Gasteiger partial charge in [-0.05, 0) is 28.7 Å². The minimum atomic E-state index is -1.51. The first-order valence-electron chi connectivity index (χ1n) is 10.8. The second-order valence-corrected chi connectivity index (χ2v) is 8.01. The molecule has 0 bridgehead atoms. The summed E-state index contributed by atoms with van der Waals surface area (Å²) >= 11 is 0. The van der Waals surface area contributed by atoms with Gasteiger partial charge in [-0.1, -0.05) is 90.1 Å². The standard InChI is InChI=1S/C26H29N3O2/c30-26(23-9-5-2-6-10-23,25(28-31)20-29-17-15-27-16-18-29)24-13-11-22(12-14-24)19-21-7-3-1-4-8-21/h1-14,27,30-31H,15-20H2. The van der Waals surface area contributed by atoms with Gasteiger partial charge in [0, 0.05) is 32.7 Å². The molecule has 1 aliphatic heterocycles. The van der Waals surface area contributed by atoms with Gasteiger partial charge >= 0.3 is 0 Å². The van der Waals surface area contributed by atoms with Crippen LogP contribution >= 0.6 is 0 Å². The lowest BCUT2D eigenvalue weighted by Crippen LogP contribution is -2.50. The first-order chi connectivity index (χ1) is 15.2. The molecule has 3 aromatic rings. The molecule has 5 heteroatoms. The largest absolute Gasteiger partial charge is 0.411 e. The number of oxime groups is 1. The molecule has 3 aromatic carbocycles. The van der Waals surface area contributed by atoms with Crippen molar-refractivity contribution in [1.29, 1.82) is 0 Å². The van der Waals surface area contributed by atoms with Crippen molar-refractivity contribution in [1.82, 2.24) is 10.2 Å². The van der Waals surface area contributed by atoms with Crippen molar-refractivity contribution in [3.05, 3.63) is 107 Å². The zero-order valence-corrected chi connectivity index (χ0v) is 17.6. The van der Waals surface area contributed by atoms with Gasteiger partial charge in [0.1, 0.15) is 5.71 Å². The lowest BCUT2D eigenvalue weighted by Gasteiger charge is -2.34. The molecule has 0 aromatic heterocycles. The Morgan fingerprint density at radius 3 is 1.97 bits per heavy atom. The Morgan fingerprint density at radius 2 is 1.35 bits per heavy atom. The van der Waals surface area contributed by atoms with E-state index in [1.807, 2.05) is 72.8 Å². The average molecular weight is 416 g/mol. The van der Waals surface area contributed by atoms with Crippen LogP contribution in [0.1, 0.15) is 22.3 Å². The molecular formula is C26H29N3O2. The lowest BCUT2D eigenvalue weighted by atomic mass is 9.81. The molecule has 1 saturated heterocycles. The van der Waals surface area contributed by atoms with Crippen LogP contribution in [0.2, 0.25) is 0 Å². The van der Waals surface area contributed by atoms with Crippen molar-refractivity contribution in [2.45, 2.75) is 12.0 Å². The Kier molecular flexibility index (Phi) is 6.77. The molecule has 1 fully saturated rings. The molecule has 1 atom stereocenters. The minimum Gasteiger partial charge on any atom is -0.411 e. The third kappa shape index (κ3) is 4.85. The Balaban J connectivity index is 1.66. The highest BCUT2D eigenvalue weighted by molar-refractivity contribution is 5.97. The fourth-order valence-corrected chi connectivity index (χ4v) is 4.17. The fraction of sp³-hybridized carbons (Fsp3) is 0.269. The third-order valence-corrected chi connectivity index (χ3v) is 5.94. The van der Waals surface area contributed by atoms with Gasteiger partial charge in [0.05, 0.1) is 0 Å². The van der Waals surface area contributed by atoms with E-state index in [0.717, 1.165) is 38.2 Å². The molecular weight excluding hydrogens is 386 g/mol. The predicted molar refractivity (Wildman–Crippen MR) is 124 cm³/mol. The Bertz CT molecular complexity index is 984. The van der Waals surface area contributed by atoms with E-state index in [2.05, 4.69) is 27.5 Å². The molecule has 0 amide bonds. The van der Waals surface area contributed by atoms with Crippen molar-refractivity contribution in [3.8, 4) is 0 Å². The van der Waals surface area contributed by atoms with E-state index in [9.17, 15) is 10.3 Å². The summed E-state index contributed by atoms with van der Waals surface area (Å²) in [5.74, 6) is 0. The smallest absolute Gasteiger partial charge is 0.158 e. The van der Waals surface area contributed by atoms with Gasteiger partial charge < -0.3 is 15.6 Å². The number of nitrogens with one attached hydrogen (secondary N) is 1. The van der Waals surface area contributed by atoms with Crippen LogP contribution in [0, 0.1) is 0 Å². The Hall–Kier alpha value is -2.99. The third-order valence-electron chi connectivity index (χ3n) is 5.94. The van der Waals surface area contributed by atoms with Crippen LogP contribution in [-0.4, -0.2) is 53.6 Å². The van der Waals surface area contributed by atoms with Crippen LogP contribution in [0.25, 0.3) is 0 Å². The number of benzene rings is 3. The zero-order valence-electron chi connectivity index (χ0n) is 17.6. The van der Waals surface area contributed by atoms with Crippen LogP contribution in [0.3, 0.4) is 0 Å². The van der Waals surface area contributed by atoms with Gasteiger partial charge in [-0.25, -0.2) is 0 Å². The van der Waals surface area contributed by atoms with E-state index in [1.165, 1.54) is 5.56 Å². The molecule has 0 spiro atoms. The molecule has 0 radical (unpaired) electrons. The normalized spacial score (nSPS) is 17.3. The van der Waals surface area contributed by atoms with Gasteiger partial charge in [0.25, 0.3) is 0 Å². The van der Waals surface area contributed by atoms with Crippen LogP contribution in [-0.2, 0) is 12.0 Å². The molecule has 0 aliphatic carbocycles. The molecule has 31 heavy (non-hydrogen) atoms. The van der Waals surface area contributed by atoms with E-state index < -0.39 is 5.60 Å². The summed E-state index contributed by atoms with van der Waals surface area (Å²) in [5, 5.41) is 28.9. The molecule has 160 valence electrons. The number of piperazine rings is 1. The second kappa shape index (κ2) is 9.88. The van der Waals surface area contributed by atoms with Gasteiger partial charge in [-0.3, -0.25) is 4.90 Å². The lowest BCUT2D eigenvalue weighted by molar-refractivity contribution is 0.140. The molecule has 4 rings (SSSR count). The van der Waals surface area contributed by atoms with Gasteiger partial charge in [-0.15, -0.1) is 0 Å². The minimum absolute atomic E-state index is 0.330. The first-order valence-corrected chi connectivity index (χ1v) is 10.8. The number of hydrogen-bond acceptors (Lipinski definition) is 5. The zero-order chi connectivity index (χ0) is 21.5. The monoisotopic (exact) mass is 415 g/mol. The summed E-state index contributed by atoms with van der Waals surface area (Å²) in [4.78, 5) is 2.20. The van der Waals surface area contributed by atoms with E-state index in [4.69, 9.17) is 0 Å². The highest BCUT2D eigenvalue weighted by atomic mass is 16.4. The molecule has 1 aliphatic rings. The van der Waals surface area contributed by atoms with E-state index >= 15 is 0 Å². The van der Waals surface area contributed by atoms with Crippen LogP contribution in [0.4, 0.5) is 0 Å². The summed E-state index contributed by atoms with van der Waals surface area (Å²) in [6.45, 7) is 3.86. The number of aliphatic hydroxyl groups is 1. The highest BCUT2D eigenvalue weighted by Crippen LogP contribution is 2.32. The number of hydrogen-bond donors (Lipinski definition) is 3. The second-order valence-electron chi connectivity index (χ2n) is 8.01. The quantitative estimate of drug-likeness (QED) is 0.315. The van der Waals surface area contributed by atoms with E-state index in [1.54, 1.807) is 0 Å². The van der Waals surface area contributed by atoms with Crippen LogP contribution < -0.4 is 5.32 Å². The summed E-state index contributed by atoms with van der Waals surface area (Å²) in [5.41, 5.74) is 2.61. The van der Waals surface area contributed by atoms with Gasteiger partial charge in [-0.2, -0.15) is 0 Å². The maximum atomic E-state index is 12.0. The van der Waals surface area contributed by atoms with Crippen molar-refractivity contribution in [3.63, 3.8) is 0 Å². The highest BCUT2D eigenvalue weighted by Gasteiger charge is 2.39. The first kappa shape index (κ1) is 21.2. The summed E-state index contributed by atoms with van der Waals surface area (Å²) in [6.07, 6.45) is 0.826. The molecule has 3 N–H and O–H groups in total. The molecule has 0 saturated carbocycles. The Morgan fingerprint density at radius 1 is 0.806 bits per heavy atom. The van der Waals surface area contributed by atoms with E-state index in [0.29, 0.717) is 23.4 Å². The Labute approximate surface area is 183 Å². The number of nitrogens with zero attached hydrogens (tertiary/aromatic N) is 2. The molecule has 5 nitrogen and oxygen atoms in total.